The maximum atomic E-state index is 11.4. The highest BCUT2D eigenvalue weighted by molar-refractivity contribution is 5.99. The molecule has 1 aliphatic rings. The van der Waals surface area contributed by atoms with Gasteiger partial charge in [0.25, 0.3) is 0 Å². The third-order valence-electron chi connectivity index (χ3n) is 3.87. The van der Waals surface area contributed by atoms with Crippen LogP contribution >= 0.6 is 0 Å². The molecule has 1 aliphatic carbocycles. The molecule has 1 rings (SSSR count). The van der Waals surface area contributed by atoms with Crippen LogP contribution in [0.2, 0.25) is 0 Å². The van der Waals surface area contributed by atoms with Crippen molar-refractivity contribution >= 4 is 35.0 Å². The smallest absolute Gasteiger partial charge is 0.321 e. The van der Waals surface area contributed by atoms with Crippen molar-refractivity contribution in [2.24, 2.45) is 17.3 Å². The number of carbonyl (C=O) groups is 2. The molecule has 1 fully saturated rings. The molecular weight excluding hydrogens is 232 g/mol. The summed E-state index contributed by atoms with van der Waals surface area (Å²) in [6.07, 6.45) is 4.41. The standard InChI is InChI=1S/C12H20O4.Mg.2H/c1-8(2)12(10(13)14,11(15)16)9-6-4-3-5-7-9;;;/h8-9H,3-7H2,1-2H3,(H,13,14)(H,15,16);;;. The molecule has 0 heterocycles. The number of aliphatic carboxylic acids is 2. The fourth-order valence-corrected chi connectivity index (χ4v) is 2.96. The normalized spacial score (nSPS) is 17.6. The summed E-state index contributed by atoms with van der Waals surface area (Å²) in [5.74, 6) is -2.97. The molecule has 1 saturated carbocycles. The lowest BCUT2D eigenvalue weighted by Gasteiger charge is -2.38. The maximum Gasteiger partial charge on any atom is 0.321 e. The molecule has 2 N–H and O–H groups in total. The van der Waals surface area contributed by atoms with Crippen molar-refractivity contribution in [2.45, 2.75) is 46.0 Å². The van der Waals surface area contributed by atoms with Crippen LogP contribution in [-0.4, -0.2) is 45.2 Å². The van der Waals surface area contributed by atoms with Crippen molar-refractivity contribution in [3.63, 3.8) is 0 Å². The quantitative estimate of drug-likeness (QED) is 0.588. The van der Waals surface area contributed by atoms with Crippen LogP contribution in [0, 0.1) is 17.3 Å². The highest BCUT2D eigenvalue weighted by Crippen LogP contribution is 2.44. The van der Waals surface area contributed by atoms with Crippen LogP contribution in [-0.2, 0) is 9.59 Å². The van der Waals surface area contributed by atoms with Crippen LogP contribution in [0.4, 0.5) is 0 Å². The van der Waals surface area contributed by atoms with Gasteiger partial charge in [0.2, 0.25) is 0 Å². The molecule has 0 aromatic carbocycles. The second kappa shape index (κ2) is 6.59. The number of carboxylic acids is 2. The van der Waals surface area contributed by atoms with Gasteiger partial charge < -0.3 is 10.2 Å². The van der Waals surface area contributed by atoms with E-state index < -0.39 is 17.4 Å². The molecule has 0 atom stereocenters. The highest BCUT2D eigenvalue weighted by Gasteiger charge is 2.55. The molecular formula is C12H22MgO4. The van der Waals surface area contributed by atoms with E-state index in [1.807, 2.05) is 0 Å². The Bertz CT molecular complexity index is 268. The Kier molecular flexibility index (Phi) is 6.47. The van der Waals surface area contributed by atoms with Crippen molar-refractivity contribution in [1.29, 1.82) is 0 Å². The molecule has 0 spiro atoms. The first-order chi connectivity index (χ1) is 7.44. The summed E-state index contributed by atoms with van der Waals surface area (Å²) in [5.41, 5.74) is -1.60. The largest absolute Gasteiger partial charge is 0.480 e. The molecule has 0 radical (unpaired) electrons. The molecule has 5 heteroatoms. The Labute approximate surface area is 118 Å². The van der Waals surface area contributed by atoms with Crippen LogP contribution in [0.5, 0.6) is 0 Å². The zero-order chi connectivity index (χ0) is 12.3. The Hall–Kier alpha value is -0.294. The predicted molar refractivity (Wildman–Crippen MR) is 67.7 cm³/mol. The van der Waals surface area contributed by atoms with Gasteiger partial charge in [-0.2, -0.15) is 0 Å². The Balaban J connectivity index is 0.00000256. The second-order valence-electron chi connectivity index (χ2n) is 4.97. The number of hydrogen-bond acceptors (Lipinski definition) is 2. The summed E-state index contributed by atoms with van der Waals surface area (Å²) in [5, 5.41) is 18.7. The maximum absolute atomic E-state index is 11.4. The summed E-state index contributed by atoms with van der Waals surface area (Å²) in [6.45, 7) is 3.38. The first kappa shape index (κ1) is 16.7. The lowest BCUT2D eigenvalue weighted by Crippen LogP contribution is -2.50. The van der Waals surface area contributed by atoms with E-state index in [4.69, 9.17) is 0 Å². The van der Waals surface area contributed by atoms with Gasteiger partial charge >= 0.3 is 35.0 Å². The van der Waals surface area contributed by atoms with E-state index in [0.717, 1.165) is 32.1 Å². The Morgan fingerprint density at radius 3 is 1.76 bits per heavy atom. The molecule has 17 heavy (non-hydrogen) atoms. The summed E-state index contributed by atoms with van der Waals surface area (Å²) in [6, 6.07) is 0. The van der Waals surface area contributed by atoms with Crippen molar-refractivity contribution in [2.75, 3.05) is 0 Å². The molecule has 0 unspecified atom stereocenters. The van der Waals surface area contributed by atoms with Gasteiger partial charge in [-0.1, -0.05) is 33.1 Å². The Morgan fingerprint density at radius 1 is 1.06 bits per heavy atom. The SMILES string of the molecule is CC(C)C(C(=O)O)(C(=O)O)C1CCCCC1.[MgH2]. The van der Waals surface area contributed by atoms with E-state index in [0.29, 0.717) is 0 Å². The van der Waals surface area contributed by atoms with Gasteiger partial charge in [0.1, 0.15) is 0 Å². The number of hydrogen-bond donors (Lipinski definition) is 2. The van der Waals surface area contributed by atoms with Crippen molar-refractivity contribution in [3.8, 4) is 0 Å². The number of carboxylic acid groups (broad SMARTS) is 2. The average molecular weight is 255 g/mol. The molecule has 0 saturated heterocycles. The first-order valence-corrected chi connectivity index (χ1v) is 5.90. The minimum atomic E-state index is -1.60. The molecule has 96 valence electrons. The molecule has 0 amide bonds. The number of rotatable bonds is 4. The van der Waals surface area contributed by atoms with Gasteiger partial charge in [0, 0.05) is 0 Å². The summed E-state index contributed by atoms with van der Waals surface area (Å²) in [7, 11) is 0. The third-order valence-corrected chi connectivity index (χ3v) is 3.87. The fourth-order valence-electron chi connectivity index (χ4n) is 2.96. The van der Waals surface area contributed by atoms with E-state index in [1.165, 1.54) is 0 Å². The second-order valence-corrected chi connectivity index (χ2v) is 4.97. The highest BCUT2D eigenvalue weighted by atomic mass is 24.3. The minimum Gasteiger partial charge on any atom is -0.480 e. The zero-order valence-corrected chi connectivity index (χ0v) is 9.90. The van der Waals surface area contributed by atoms with Gasteiger partial charge in [0.05, 0.1) is 0 Å². The van der Waals surface area contributed by atoms with Gasteiger partial charge in [-0.15, -0.1) is 0 Å². The fraction of sp³-hybridized carbons (Fsp3) is 0.833. The van der Waals surface area contributed by atoms with E-state index in [9.17, 15) is 19.8 Å². The summed E-state index contributed by atoms with van der Waals surface area (Å²) in [4.78, 5) is 22.8. The molecule has 0 aliphatic heterocycles. The van der Waals surface area contributed by atoms with Crippen molar-refractivity contribution in [3.05, 3.63) is 0 Å². The Morgan fingerprint density at radius 2 is 1.47 bits per heavy atom. The molecule has 0 aromatic rings. The summed E-state index contributed by atoms with van der Waals surface area (Å²) < 4.78 is 0. The van der Waals surface area contributed by atoms with Gasteiger partial charge in [-0.3, -0.25) is 9.59 Å². The monoisotopic (exact) mass is 254 g/mol. The summed E-state index contributed by atoms with van der Waals surface area (Å²) >= 11 is 0. The van der Waals surface area contributed by atoms with Crippen LogP contribution in [0.1, 0.15) is 46.0 Å². The van der Waals surface area contributed by atoms with E-state index in [1.54, 1.807) is 13.8 Å². The van der Waals surface area contributed by atoms with Crippen LogP contribution in [0.15, 0.2) is 0 Å². The van der Waals surface area contributed by atoms with Gasteiger partial charge in [-0.05, 0) is 24.7 Å². The average Bonchev–Trinajstić information content (AvgIpc) is 2.18. The molecule has 0 bridgehead atoms. The lowest BCUT2D eigenvalue weighted by atomic mass is 9.63. The van der Waals surface area contributed by atoms with E-state index in [2.05, 4.69) is 0 Å². The minimum absolute atomic E-state index is 0. The third kappa shape index (κ3) is 2.94. The van der Waals surface area contributed by atoms with Crippen LogP contribution < -0.4 is 0 Å². The van der Waals surface area contributed by atoms with Crippen molar-refractivity contribution in [1.82, 2.24) is 0 Å². The van der Waals surface area contributed by atoms with Crippen molar-refractivity contribution < 1.29 is 19.8 Å². The van der Waals surface area contributed by atoms with Crippen LogP contribution in [0.3, 0.4) is 0 Å². The topological polar surface area (TPSA) is 74.6 Å². The van der Waals surface area contributed by atoms with Gasteiger partial charge in [0.15, 0.2) is 5.41 Å². The molecule has 0 aromatic heterocycles. The predicted octanol–water partition coefficient (Wildman–Crippen LogP) is 1.46. The van der Waals surface area contributed by atoms with Gasteiger partial charge in [-0.25, -0.2) is 0 Å². The first-order valence-electron chi connectivity index (χ1n) is 5.90. The van der Waals surface area contributed by atoms with E-state index >= 15 is 0 Å². The zero-order valence-electron chi connectivity index (χ0n) is 9.90. The molecule has 4 nitrogen and oxygen atoms in total. The van der Waals surface area contributed by atoms with E-state index in [-0.39, 0.29) is 34.9 Å². The van der Waals surface area contributed by atoms with Crippen LogP contribution in [0.25, 0.3) is 0 Å². The lowest BCUT2D eigenvalue weighted by molar-refractivity contribution is -0.175.